The van der Waals surface area contributed by atoms with Crippen molar-refractivity contribution in [2.24, 2.45) is 5.92 Å². The van der Waals surface area contributed by atoms with E-state index in [2.05, 4.69) is 5.32 Å². The number of amides is 1. The van der Waals surface area contributed by atoms with Crippen molar-refractivity contribution in [2.75, 3.05) is 30.3 Å². The van der Waals surface area contributed by atoms with Gasteiger partial charge in [-0.25, -0.2) is 4.79 Å². The maximum Gasteiger partial charge on any atom is 0.422 e. The number of nitrogens with one attached hydrogen (secondary N) is 1. The molecule has 1 aliphatic heterocycles. The second kappa shape index (κ2) is 10.3. The van der Waals surface area contributed by atoms with Gasteiger partial charge in [0.1, 0.15) is 28.7 Å². The van der Waals surface area contributed by atoms with Crippen LogP contribution in [0.1, 0.15) is 44.7 Å². The smallest absolute Gasteiger partial charge is 0.422 e. The molecule has 0 saturated carbocycles. The average molecular weight is 491 g/mol. The summed E-state index contributed by atoms with van der Waals surface area (Å²) in [6, 6.07) is 10.5. The molecule has 1 fully saturated rings. The normalized spacial score (nSPS) is 16.4. The summed E-state index contributed by atoms with van der Waals surface area (Å²) in [5.41, 5.74) is 4.35. The van der Waals surface area contributed by atoms with E-state index in [0.717, 1.165) is 6.42 Å². The Labute approximate surface area is 202 Å². The van der Waals surface area contributed by atoms with E-state index in [1.165, 1.54) is 24.3 Å². The number of nitriles is 1. The number of anilines is 2. The quantitative estimate of drug-likeness (QED) is 0.522. The third kappa shape index (κ3) is 6.72. The van der Waals surface area contributed by atoms with Crippen LogP contribution in [0.2, 0.25) is 0 Å². The fraction of sp³-hybridized carbons (Fsp3) is 0.440. The molecule has 2 aromatic carbocycles. The van der Waals surface area contributed by atoms with Crippen LogP contribution >= 0.6 is 0 Å². The second-order valence-corrected chi connectivity index (χ2v) is 9.42. The third-order valence-electron chi connectivity index (χ3n) is 5.45. The van der Waals surface area contributed by atoms with Gasteiger partial charge in [-0.05, 0) is 63.8 Å². The molecule has 7 nitrogen and oxygen atoms in total. The van der Waals surface area contributed by atoms with Gasteiger partial charge in [0.2, 0.25) is 0 Å². The van der Waals surface area contributed by atoms with Crippen LogP contribution in [0.25, 0.3) is 0 Å². The minimum absolute atomic E-state index is 0.0225. The highest BCUT2D eigenvalue weighted by Crippen LogP contribution is 2.47. The molecule has 3 rings (SSSR count). The van der Waals surface area contributed by atoms with Gasteiger partial charge in [-0.2, -0.15) is 18.4 Å². The lowest BCUT2D eigenvalue weighted by molar-refractivity contribution is -0.138. The zero-order valence-corrected chi connectivity index (χ0v) is 19.9. The Balaban J connectivity index is 1.88. The number of ether oxygens (including phenoxy) is 2. The van der Waals surface area contributed by atoms with Crippen molar-refractivity contribution < 1.29 is 27.4 Å². The molecule has 1 atom stereocenters. The highest BCUT2D eigenvalue weighted by atomic mass is 19.4. The SMILES string of the molecule is CC(C)(C)OC(=O)NC[C@@H]1CCCN(c2c(N)ccc(Oc3ccccc3C#N)c2C(F)(F)F)C1. The summed E-state index contributed by atoms with van der Waals surface area (Å²) in [4.78, 5) is 13.6. The Morgan fingerprint density at radius 3 is 2.57 bits per heavy atom. The van der Waals surface area contributed by atoms with Gasteiger partial charge in [0.05, 0.1) is 16.9 Å². The minimum atomic E-state index is -4.76. The van der Waals surface area contributed by atoms with Crippen molar-refractivity contribution in [1.29, 1.82) is 5.26 Å². The largest absolute Gasteiger partial charge is 0.455 e. The van der Waals surface area contributed by atoms with E-state index in [9.17, 15) is 23.2 Å². The van der Waals surface area contributed by atoms with Crippen molar-refractivity contribution in [3.8, 4) is 17.6 Å². The average Bonchev–Trinajstić information content (AvgIpc) is 2.77. The Hall–Kier alpha value is -3.61. The van der Waals surface area contributed by atoms with Crippen LogP contribution in [0.15, 0.2) is 36.4 Å². The molecule has 0 radical (unpaired) electrons. The fourth-order valence-electron chi connectivity index (χ4n) is 4.03. The molecular formula is C25H29F3N4O3. The second-order valence-electron chi connectivity index (χ2n) is 9.42. The van der Waals surface area contributed by atoms with Gasteiger partial charge in [0.15, 0.2) is 0 Å². The molecule has 35 heavy (non-hydrogen) atoms. The summed E-state index contributed by atoms with van der Waals surface area (Å²) in [6.45, 7) is 6.15. The number of rotatable bonds is 5. The van der Waals surface area contributed by atoms with E-state index in [4.69, 9.17) is 15.2 Å². The van der Waals surface area contributed by atoms with Crippen LogP contribution in [0.4, 0.5) is 29.3 Å². The summed E-state index contributed by atoms with van der Waals surface area (Å²) < 4.78 is 53.9. The standard InChI is InChI=1S/C25H29F3N4O3/c1-24(2,3)35-23(33)31-14-16-7-6-12-32(15-16)22-18(30)10-11-20(21(22)25(26,27)28)34-19-9-5-4-8-17(19)13-29/h4-5,8-11,16H,6-7,12,14-15,30H2,1-3H3,(H,31,33)/t16-/m0/s1. The first kappa shape index (κ1) is 26.0. The lowest BCUT2D eigenvalue weighted by atomic mass is 9.96. The number of alkyl halides is 3. The lowest BCUT2D eigenvalue weighted by Gasteiger charge is -2.37. The molecule has 188 valence electrons. The molecule has 1 saturated heterocycles. The van der Waals surface area contributed by atoms with Gasteiger partial charge in [0.25, 0.3) is 0 Å². The van der Waals surface area contributed by atoms with Crippen LogP contribution in [-0.4, -0.2) is 31.3 Å². The van der Waals surface area contributed by atoms with Gasteiger partial charge < -0.3 is 25.4 Å². The van der Waals surface area contributed by atoms with Crippen LogP contribution in [-0.2, 0) is 10.9 Å². The molecular weight excluding hydrogens is 461 g/mol. The van der Waals surface area contributed by atoms with Crippen molar-refractivity contribution in [2.45, 2.75) is 45.4 Å². The van der Waals surface area contributed by atoms with E-state index in [-0.39, 0.29) is 41.7 Å². The number of piperidine rings is 1. The van der Waals surface area contributed by atoms with Crippen LogP contribution in [0, 0.1) is 17.2 Å². The first-order chi connectivity index (χ1) is 16.4. The number of hydrogen-bond acceptors (Lipinski definition) is 6. The monoisotopic (exact) mass is 490 g/mol. The Kier molecular flexibility index (Phi) is 7.68. The number of benzene rings is 2. The highest BCUT2D eigenvalue weighted by molar-refractivity contribution is 5.76. The highest BCUT2D eigenvalue weighted by Gasteiger charge is 2.41. The number of carbonyl (C=O) groups excluding carboxylic acids is 1. The third-order valence-corrected chi connectivity index (χ3v) is 5.45. The Bertz CT molecular complexity index is 1110. The van der Waals surface area contributed by atoms with Gasteiger partial charge in [-0.1, -0.05) is 12.1 Å². The predicted molar refractivity (Wildman–Crippen MR) is 126 cm³/mol. The van der Waals surface area contributed by atoms with Crippen molar-refractivity contribution in [3.05, 3.63) is 47.5 Å². The van der Waals surface area contributed by atoms with Crippen LogP contribution in [0.5, 0.6) is 11.5 Å². The fourth-order valence-corrected chi connectivity index (χ4v) is 4.03. The summed E-state index contributed by atoms with van der Waals surface area (Å²) >= 11 is 0. The molecule has 0 bridgehead atoms. The van der Waals surface area contributed by atoms with E-state index < -0.39 is 29.2 Å². The van der Waals surface area contributed by atoms with Crippen LogP contribution in [0.3, 0.4) is 0 Å². The van der Waals surface area contributed by atoms with Crippen LogP contribution < -0.4 is 20.7 Å². The van der Waals surface area contributed by atoms with E-state index in [1.807, 2.05) is 6.07 Å². The molecule has 1 heterocycles. The van der Waals surface area contributed by atoms with Crippen molar-refractivity contribution in [1.82, 2.24) is 5.32 Å². The molecule has 3 N–H and O–H groups in total. The van der Waals surface area contributed by atoms with Gasteiger partial charge in [-0.15, -0.1) is 0 Å². The molecule has 2 aromatic rings. The number of nitrogens with zero attached hydrogens (tertiary/aromatic N) is 2. The number of carbonyl (C=O) groups is 1. The topological polar surface area (TPSA) is 101 Å². The van der Waals surface area contributed by atoms with E-state index in [0.29, 0.717) is 13.0 Å². The van der Waals surface area contributed by atoms with Gasteiger partial charge >= 0.3 is 12.3 Å². The number of alkyl carbamates (subject to hydrolysis) is 1. The first-order valence-electron chi connectivity index (χ1n) is 11.3. The Morgan fingerprint density at radius 1 is 1.20 bits per heavy atom. The van der Waals surface area contributed by atoms with E-state index >= 15 is 0 Å². The van der Waals surface area contributed by atoms with Crippen molar-refractivity contribution >= 4 is 17.5 Å². The number of para-hydroxylation sites is 1. The predicted octanol–water partition coefficient (Wildman–Crippen LogP) is 5.69. The maximum atomic E-state index is 14.3. The van der Waals surface area contributed by atoms with E-state index in [1.54, 1.807) is 37.8 Å². The molecule has 1 amide bonds. The first-order valence-corrected chi connectivity index (χ1v) is 11.3. The van der Waals surface area contributed by atoms with Gasteiger partial charge in [0, 0.05) is 19.6 Å². The molecule has 1 aliphatic rings. The summed E-state index contributed by atoms with van der Waals surface area (Å²) in [7, 11) is 0. The molecule has 10 heteroatoms. The number of nitrogen functional groups attached to an aromatic ring is 1. The molecule has 0 aromatic heterocycles. The number of hydrogen-bond donors (Lipinski definition) is 2. The molecule has 0 aliphatic carbocycles. The minimum Gasteiger partial charge on any atom is -0.455 e. The van der Waals surface area contributed by atoms with Gasteiger partial charge in [-0.3, -0.25) is 0 Å². The molecule has 0 unspecified atom stereocenters. The van der Waals surface area contributed by atoms with Crippen molar-refractivity contribution in [3.63, 3.8) is 0 Å². The Morgan fingerprint density at radius 2 is 1.91 bits per heavy atom. The zero-order chi connectivity index (χ0) is 25.8. The molecule has 0 spiro atoms. The summed E-state index contributed by atoms with van der Waals surface area (Å²) in [5, 5.41) is 12.0. The maximum absolute atomic E-state index is 14.3. The summed E-state index contributed by atoms with van der Waals surface area (Å²) in [6.07, 6.45) is -3.97. The summed E-state index contributed by atoms with van der Waals surface area (Å²) in [5.74, 6) is -0.506. The number of halogens is 3. The zero-order valence-electron chi connectivity index (χ0n) is 19.9. The lowest BCUT2D eigenvalue weighted by Crippen LogP contribution is -2.43. The number of nitrogens with two attached hydrogens (primary N) is 1.